The first-order valence-corrected chi connectivity index (χ1v) is 8.07. The lowest BCUT2D eigenvalue weighted by Crippen LogP contribution is -2.13. The molecule has 0 amide bonds. The average molecular weight is 352 g/mol. The van der Waals surface area contributed by atoms with E-state index in [1.54, 1.807) is 11.6 Å². The Morgan fingerprint density at radius 2 is 1.72 bits per heavy atom. The molecule has 1 N–H and O–H groups in total. The second-order valence-corrected chi connectivity index (χ2v) is 5.85. The lowest BCUT2D eigenvalue weighted by molar-refractivity contribution is -0.385. The third-order valence-electron chi connectivity index (χ3n) is 3.80. The Bertz CT molecular complexity index is 956. The molecule has 0 spiro atoms. The number of rotatable bonds is 5. The number of benzene rings is 2. The zero-order valence-electron chi connectivity index (χ0n) is 13.5. The van der Waals surface area contributed by atoms with Gasteiger partial charge in [0.05, 0.1) is 4.92 Å². The van der Waals surface area contributed by atoms with Crippen LogP contribution in [0.5, 0.6) is 0 Å². The molecule has 3 rings (SSSR count). The summed E-state index contributed by atoms with van der Waals surface area (Å²) in [6.07, 6.45) is 0. The van der Waals surface area contributed by atoms with E-state index in [0.29, 0.717) is 18.2 Å². The van der Waals surface area contributed by atoms with Crippen molar-refractivity contribution in [3.8, 4) is 11.4 Å². The van der Waals surface area contributed by atoms with Crippen LogP contribution in [-0.4, -0.2) is 14.5 Å². The highest BCUT2D eigenvalue weighted by molar-refractivity contribution is 7.71. The Morgan fingerprint density at radius 1 is 1.12 bits per heavy atom. The van der Waals surface area contributed by atoms with Gasteiger partial charge in [0, 0.05) is 19.2 Å². The Labute approximate surface area is 149 Å². The Hall–Kier alpha value is -3.06. The number of nitrogens with one attached hydrogen (secondary N) is 1. The van der Waals surface area contributed by atoms with E-state index in [4.69, 9.17) is 12.2 Å². The molecule has 25 heavy (non-hydrogen) atoms. The third-order valence-corrected chi connectivity index (χ3v) is 4.09. The van der Waals surface area contributed by atoms with Crippen LogP contribution >= 0.6 is 12.2 Å². The highest BCUT2D eigenvalue weighted by Crippen LogP contribution is 2.29. The van der Waals surface area contributed by atoms with E-state index >= 15 is 0 Å². The fraction of sp³-hybridized carbons (Fsp3) is 0.111. The Balaban J connectivity index is 2.09. The minimum atomic E-state index is -0.489. The maximum Gasteiger partial charge on any atom is 0.345 e. The lowest BCUT2D eigenvalue weighted by atomic mass is 10.2. The van der Waals surface area contributed by atoms with Gasteiger partial charge in [-0.25, -0.2) is 4.98 Å². The quantitative estimate of drug-likeness (QED) is 0.420. The van der Waals surface area contributed by atoms with Gasteiger partial charge < -0.3 is 9.88 Å². The molecule has 0 aliphatic heterocycles. The second kappa shape index (κ2) is 7.23. The van der Waals surface area contributed by atoms with Gasteiger partial charge in [-0.3, -0.25) is 10.1 Å². The average Bonchev–Trinajstić information content (AvgIpc) is 2.63. The van der Waals surface area contributed by atoms with Gasteiger partial charge in [0.25, 0.3) is 0 Å². The van der Waals surface area contributed by atoms with E-state index < -0.39 is 4.92 Å². The van der Waals surface area contributed by atoms with Crippen molar-refractivity contribution in [1.82, 2.24) is 9.55 Å². The molecule has 1 heterocycles. The van der Waals surface area contributed by atoms with Crippen LogP contribution in [0.3, 0.4) is 0 Å². The van der Waals surface area contributed by atoms with Gasteiger partial charge >= 0.3 is 5.69 Å². The zero-order chi connectivity index (χ0) is 17.8. The van der Waals surface area contributed by atoms with Gasteiger partial charge in [-0.1, -0.05) is 72.9 Å². The molecular formula is C18H16N4O2S. The molecule has 126 valence electrons. The summed E-state index contributed by atoms with van der Waals surface area (Å²) >= 11 is 5.19. The zero-order valence-corrected chi connectivity index (χ0v) is 14.4. The minimum Gasteiger partial charge on any atom is -0.362 e. The maximum atomic E-state index is 11.5. The summed E-state index contributed by atoms with van der Waals surface area (Å²) in [6.45, 7) is 0.447. The number of hydrogen-bond acceptors (Lipinski definition) is 5. The highest BCUT2D eigenvalue weighted by atomic mass is 32.1. The van der Waals surface area contributed by atoms with Crippen LogP contribution < -0.4 is 5.32 Å². The largest absolute Gasteiger partial charge is 0.362 e. The number of hydrogen-bond donors (Lipinski definition) is 1. The van der Waals surface area contributed by atoms with Gasteiger partial charge in [-0.15, -0.1) is 0 Å². The van der Waals surface area contributed by atoms with Crippen molar-refractivity contribution in [2.45, 2.75) is 6.54 Å². The molecule has 0 saturated heterocycles. The third kappa shape index (κ3) is 3.56. The molecule has 0 radical (unpaired) electrons. The Morgan fingerprint density at radius 3 is 2.32 bits per heavy atom. The number of aromatic nitrogens is 2. The summed E-state index contributed by atoms with van der Waals surface area (Å²) in [5, 5.41) is 14.6. The standard InChI is InChI=1S/C18H16N4O2S/c1-21-16(14-10-6-3-7-11-14)20-18(25)15(22(23)24)17(21)19-12-13-8-4-2-5-9-13/h2-11,19H,12H2,1H3. The van der Waals surface area contributed by atoms with E-state index in [9.17, 15) is 10.1 Å². The molecule has 1 aromatic heterocycles. The van der Waals surface area contributed by atoms with E-state index in [-0.39, 0.29) is 10.3 Å². The normalized spacial score (nSPS) is 10.4. The van der Waals surface area contributed by atoms with Crippen molar-refractivity contribution < 1.29 is 4.92 Å². The lowest BCUT2D eigenvalue weighted by Gasteiger charge is -2.16. The predicted molar refractivity (Wildman–Crippen MR) is 99.9 cm³/mol. The van der Waals surface area contributed by atoms with Crippen LogP contribution in [-0.2, 0) is 13.6 Å². The fourth-order valence-corrected chi connectivity index (χ4v) is 2.84. The summed E-state index contributed by atoms with van der Waals surface area (Å²) in [4.78, 5) is 15.3. The number of nitro groups is 1. The number of anilines is 1. The van der Waals surface area contributed by atoms with Gasteiger partial charge in [0.1, 0.15) is 5.82 Å². The van der Waals surface area contributed by atoms with Crippen LogP contribution in [0, 0.1) is 14.8 Å². The molecule has 0 atom stereocenters. The van der Waals surface area contributed by atoms with Crippen LogP contribution in [0.25, 0.3) is 11.4 Å². The molecule has 0 saturated carbocycles. The highest BCUT2D eigenvalue weighted by Gasteiger charge is 2.22. The van der Waals surface area contributed by atoms with Crippen LogP contribution in [0.2, 0.25) is 0 Å². The smallest absolute Gasteiger partial charge is 0.345 e. The van der Waals surface area contributed by atoms with Crippen molar-refractivity contribution >= 4 is 23.7 Å². The van der Waals surface area contributed by atoms with Crippen molar-refractivity contribution in [3.05, 3.63) is 81.0 Å². The summed E-state index contributed by atoms with van der Waals surface area (Å²) in [5.41, 5.74) is 1.67. The number of nitrogens with zero attached hydrogens (tertiary/aromatic N) is 3. The molecule has 6 nitrogen and oxygen atoms in total. The summed E-state index contributed by atoms with van der Waals surface area (Å²) in [5.74, 6) is 0.916. The molecular weight excluding hydrogens is 336 g/mol. The molecule has 0 unspecified atom stereocenters. The van der Waals surface area contributed by atoms with Gasteiger partial charge in [0.2, 0.25) is 4.64 Å². The van der Waals surface area contributed by atoms with E-state index in [1.165, 1.54) is 0 Å². The summed E-state index contributed by atoms with van der Waals surface area (Å²) in [7, 11) is 1.74. The van der Waals surface area contributed by atoms with Crippen molar-refractivity contribution in [2.24, 2.45) is 7.05 Å². The fourth-order valence-electron chi connectivity index (χ4n) is 2.58. The maximum absolute atomic E-state index is 11.5. The topological polar surface area (TPSA) is 73.0 Å². The first-order valence-electron chi connectivity index (χ1n) is 7.66. The van der Waals surface area contributed by atoms with Crippen molar-refractivity contribution in [3.63, 3.8) is 0 Å². The van der Waals surface area contributed by atoms with Crippen LogP contribution in [0.15, 0.2) is 60.7 Å². The van der Waals surface area contributed by atoms with Crippen LogP contribution in [0.4, 0.5) is 11.5 Å². The molecule has 0 bridgehead atoms. The molecule has 3 aromatic rings. The minimum absolute atomic E-state index is 0.0301. The monoisotopic (exact) mass is 352 g/mol. The summed E-state index contributed by atoms with van der Waals surface area (Å²) < 4.78 is 1.64. The van der Waals surface area contributed by atoms with Crippen molar-refractivity contribution in [1.29, 1.82) is 0 Å². The SMILES string of the molecule is Cn1c(-c2ccccc2)nc(=S)c([N+](=O)[O-])c1NCc1ccccc1. The van der Waals surface area contributed by atoms with E-state index in [2.05, 4.69) is 10.3 Å². The predicted octanol–water partition coefficient (Wildman–Crippen LogP) is 4.34. The van der Waals surface area contributed by atoms with Gasteiger partial charge in [-0.2, -0.15) is 0 Å². The first-order chi connectivity index (χ1) is 12.1. The molecule has 7 heteroatoms. The van der Waals surface area contributed by atoms with Gasteiger partial charge in [-0.05, 0) is 5.56 Å². The van der Waals surface area contributed by atoms with E-state index in [1.807, 2.05) is 60.7 Å². The molecule has 0 fully saturated rings. The van der Waals surface area contributed by atoms with Crippen LogP contribution in [0.1, 0.15) is 5.56 Å². The molecule has 2 aromatic carbocycles. The van der Waals surface area contributed by atoms with Gasteiger partial charge in [0.15, 0.2) is 5.82 Å². The second-order valence-electron chi connectivity index (χ2n) is 5.46. The first kappa shape index (κ1) is 16.8. The Kier molecular flexibility index (Phi) is 4.85. The van der Waals surface area contributed by atoms with E-state index in [0.717, 1.165) is 11.1 Å². The summed E-state index contributed by atoms with van der Waals surface area (Å²) in [6, 6.07) is 19.1. The molecule has 0 aliphatic carbocycles. The van der Waals surface area contributed by atoms with Crippen molar-refractivity contribution in [2.75, 3.05) is 5.32 Å². The molecule has 0 aliphatic rings.